The van der Waals surface area contributed by atoms with Gasteiger partial charge in [0.2, 0.25) is 5.91 Å². The van der Waals surface area contributed by atoms with Crippen LogP contribution in [0.25, 0.3) is 0 Å². The average molecular weight is 207 g/mol. The molecule has 82 valence electrons. The van der Waals surface area contributed by atoms with Gasteiger partial charge in [0.15, 0.2) is 0 Å². The summed E-state index contributed by atoms with van der Waals surface area (Å²) >= 11 is 0. The van der Waals surface area contributed by atoms with Crippen LogP contribution in [-0.4, -0.2) is 32.0 Å². The van der Waals surface area contributed by atoms with Gasteiger partial charge in [0.1, 0.15) is 5.75 Å². The Balaban J connectivity index is 2.82. The van der Waals surface area contributed by atoms with Crippen molar-refractivity contribution in [3.05, 3.63) is 29.8 Å². The molecule has 1 aromatic carbocycles. The highest BCUT2D eigenvalue weighted by Gasteiger charge is 2.16. The molecule has 1 unspecified atom stereocenters. The van der Waals surface area contributed by atoms with Crippen LogP contribution in [0.5, 0.6) is 5.75 Å². The molecule has 0 aromatic heterocycles. The molecule has 1 aromatic rings. The lowest BCUT2D eigenvalue weighted by Crippen LogP contribution is -2.26. The molecular formula is C12H17NO2. The largest absolute Gasteiger partial charge is 0.497 e. The summed E-state index contributed by atoms with van der Waals surface area (Å²) < 4.78 is 5.06. The van der Waals surface area contributed by atoms with Crippen molar-refractivity contribution in [3.8, 4) is 5.75 Å². The van der Waals surface area contributed by atoms with Crippen molar-refractivity contribution in [1.82, 2.24) is 4.90 Å². The molecule has 0 saturated heterocycles. The fraction of sp³-hybridized carbons (Fsp3) is 0.417. The Morgan fingerprint density at radius 1 is 1.27 bits per heavy atom. The summed E-state index contributed by atoms with van der Waals surface area (Å²) in [6.07, 6.45) is 0. The summed E-state index contributed by atoms with van der Waals surface area (Å²) in [6, 6.07) is 7.58. The smallest absolute Gasteiger partial charge is 0.229 e. The third-order valence-electron chi connectivity index (χ3n) is 2.43. The Morgan fingerprint density at radius 3 is 2.20 bits per heavy atom. The van der Waals surface area contributed by atoms with Crippen LogP contribution in [0, 0.1) is 0 Å². The Labute approximate surface area is 90.7 Å². The molecule has 0 fully saturated rings. The van der Waals surface area contributed by atoms with E-state index in [1.54, 1.807) is 26.1 Å². The summed E-state index contributed by atoms with van der Waals surface area (Å²) in [5, 5.41) is 0. The second kappa shape index (κ2) is 4.82. The predicted octanol–water partition coefficient (Wildman–Crippen LogP) is 1.89. The molecule has 0 heterocycles. The molecule has 0 bridgehead atoms. The van der Waals surface area contributed by atoms with E-state index in [4.69, 9.17) is 4.74 Å². The minimum atomic E-state index is -0.106. The first kappa shape index (κ1) is 11.6. The van der Waals surface area contributed by atoms with Crippen molar-refractivity contribution in [2.75, 3.05) is 21.2 Å². The van der Waals surface area contributed by atoms with Crippen LogP contribution in [0.1, 0.15) is 18.4 Å². The van der Waals surface area contributed by atoms with Crippen molar-refractivity contribution >= 4 is 5.91 Å². The first-order valence-electron chi connectivity index (χ1n) is 4.91. The lowest BCUT2D eigenvalue weighted by atomic mass is 10.00. The van der Waals surface area contributed by atoms with Crippen molar-refractivity contribution in [1.29, 1.82) is 0 Å². The molecule has 0 aliphatic heterocycles. The van der Waals surface area contributed by atoms with Gasteiger partial charge in [0.25, 0.3) is 0 Å². The third kappa shape index (κ3) is 2.72. The summed E-state index contributed by atoms with van der Waals surface area (Å²) in [5.41, 5.74) is 1.01. The fourth-order valence-electron chi connectivity index (χ4n) is 1.42. The van der Waals surface area contributed by atoms with E-state index >= 15 is 0 Å². The van der Waals surface area contributed by atoms with Gasteiger partial charge in [-0.3, -0.25) is 4.79 Å². The van der Waals surface area contributed by atoms with E-state index in [2.05, 4.69) is 0 Å². The molecule has 1 rings (SSSR count). The summed E-state index contributed by atoms with van der Waals surface area (Å²) in [4.78, 5) is 13.3. The summed E-state index contributed by atoms with van der Waals surface area (Å²) in [6.45, 7) is 1.91. The molecule has 1 atom stereocenters. The highest BCUT2D eigenvalue weighted by molar-refractivity contribution is 5.82. The van der Waals surface area contributed by atoms with E-state index in [1.807, 2.05) is 31.2 Å². The number of benzene rings is 1. The maximum Gasteiger partial charge on any atom is 0.229 e. The molecule has 0 aliphatic carbocycles. The number of likely N-dealkylation sites (N-methyl/N-ethyl adjacent to an activating group) is 1. The zero-order valence-corrected chi connectivity index (χ0v) is 9.65. The molecule has 0 saturated carbocycles. The Bertz CT molecular complexity index is 330. The third-order valence-corrected chi connectivity index (χ3v) is 2.43. The van der Waals surface area contributed by atoms with E-state index < -0.39 is 0 Å². The van der Waals surface area contributed by atoms with Crippen LogP contribution < -0.4 is 4.74 Å². The predicted molar refractivity (Wildman–Crippen MR) is 60.1 cm³/mol. The number of carbonyl (C=O) groups excluding carboxylic acids is 1. The van der Waals surface area contributed by atoms with Gasteiger partial charge < -0.3 is 9.64 Å². The standard InChI is InChI=1S/C12H17NO2/c1-9(12(14)13(2)3)10-5-7-11(15-4)8-6-10/h5-9H,1-4H3. The highest BCUT2D eigenvalue weighted by Crippen LogP contribution is 2.20. The van der Waals surface area contributed by atoms with Crippen LogP contribution in [0.2, 0.25) is 0 Å². The summed E-state index contributed by atoms with van der Waals surface area (Å²) in [5.74, 6) is 0.814. The second-order valence-corrected chi connectivity index (χ2v) is 3.73. The Kier molecular flexibility index (Phi) is 3.72. The zero-order chi connectivity index (χ0) is 11.4. The van der Waals surface area contributed by atoms with E-state index in [-0.39, 0.29) is 11.8 Å². The number of amides is 1. The maximum absolute atomic E-state index is 11.7. The Morgan fingerprint density at radius 2 is 1.80 bits per heavy atom. The van der Waals surface area contributed by atoms with Crippen LogP contribution in [0.3, 0.4) is 0 Å². The number of hydrogen-bond acceptors (Lipinski definition) is 2. The van der Waals surface area contributed by atoms with E-state index in [0.29, 0.717) is 0 Å². The quantitative estimate of drug-likeness (QED) is 0.757. The number of nitrogens with zero attached hydrogens (tertiary/aromatic N) is 1. The molecule has 0 radical (unpaired) electrons. The number of carbonyl (C=O) groups is 1. The molecule has 3 heteroatoms. The van der Waals surface area contributed by atoms with E-state index in [0.717, 1.165) is 11.3 Å². The number of methoxy groups -OCH3 is 1. The topological polar surface area (TPSA) is 29.5 Å². The van der Waals surface area contributed by atoms with Crippen LogP contribution in [0.15, 0.2) is 24.3 Å². The van der Waals surface area contributed by atoms with Gasteiger partial charge >= 0.3 is 0 Å². The van der Waals surface area contributed by atoms with Gasteiger partial charge in [-0.1, -0.05) is 12.1 Å². The maximum atomic E-state index is 11.7. The van der Waals surface area contributed by atoms with Crippen LogP contribution >= 0.6 is 0 Å². The lowest BCUT2D eigenvalue weighted by Gasteiger charge is -2.17. The van der Waals surface area contributed by atoms with E-state index in [9.17, 15) is 4.79 Å². The second-order valence-electron chi connectivity index (χ2n) is 3.73. The zero-order valence-electron chi connectivity index (χ0n) is 9.65. The van der Waals surface area contributed by atoms with Crippen molar-refractivity contribution in [3.63, 3.8) is 0 Å². The van der Waals surface area contributed by atoms with Gasteiger partial charge in [-0.25, -0.2) is 0 Å². The molecule has 0 spiro atoms. The highest BCUT2D eigenvalue weighted by atomic mass is 16.5. The van der Waals surface area contributed by atoms with Crippen LogP contribution in [0.4, 0.5) is 0 Å². The normalized spacial score (nSPS) is 12.0. The number of ether oxygens (including phenoxy) is 1. The van der Waals surface area contributed by atoms with Crippen molar-refractivity contribution < 1.29 is 9.53 Å². The van der Waals surface area contributed by atoms with Gasteiger partial charge in [0.05, 0.1) is 13.0 Å². The molecular weight excluding hydrogens is 190 g/mol. The number of rotatable bonds is 3. The van der Waals surface area contributed by atoms with Gasteiger partial charge in [0, 0.05) is 14.1 Å². The SMILES string of the molecule is COc1ccc(C(C)C(=O)N(C)C)cc1. The Hall–Kier alpha value is -1.51. The van der Waals surface area contributed by atoms with Crippen molar-refractivity contribution in [2.45, 2.75) is 12.8 Å². The summed E-state index contributed by atoms with van der Waals surface area (Å²) in [7, 11) is 5.16. The number of hydrogen-bond donors (Lipinski definition) is 0. The molecule has 0 aliphatic rings. The minimum Gasteiger partial charge on any atom is -0.497 e. The first-order valence-corrected chi connectivity index (χ1v) is 4.91. The molecule has 1 amide bonds. The molecule has 0 N–H and O–H groups in total. The lowest BCUT2D eigenvalue weighted by molar-refractivity contribution is -0.129. The average Bonchev–Trinajstić information content (AvgIpc) is 2.27. The van der Waals surface area contributed by atoms with Crippen molar-refractivity contribution in [2.24, 2.45) is 0 Å². The first-order chi connectivity index (χ1) is 7.06. The fourth-order valence-corrected chi connectivity index (χ4v) is 1.42. The van der Waals surface area contributed by atoms with Gasteiger partial charge in [-0.15, -0.1) is 0 Å². The van der Waals surface area contributed by atoms with E-state index in [1.165, 1.54) is 0 Å². The molecule has 15 heavy (non-hydrogen) atoms. The minimum absolute atomic E-state index is 0.106. The van der Waals surface area contributed by atoms with Gasteiger partial charge in [-0.2, -0.15) is 0 Å². The monoisotopic (exact) mass is 207 g/mol. The van der Waals surface area contributed by atoms with Crippen LogP contribution in [-0.2, 0) is 4.79 Å². The molecule has 3 nitrogen and oxygen atoms in total. The van der Waals surface area contributed by atoms with Gasteiger partial charge in [-0.05, 0) is 24.6 Å².